The topological polar surface area (TPSA) is 12.0 Å². The molecule has 1 atom stereocenters. The molecule has 0 aliphatic heterocycles. The van der Waals surface area contributed by atoms with Crippen LogP contribution < -0.4 is 5.32 Å². The third kappa shape index (κ3) is 1.99. The van der Waals surface area contributed by atoms with Crippen LogP contribution in [0.3, 0.4) is 0 Å². The first-order valence-corrected chi connectivity index (χ1v) is 7.58. The van der Waals surface area contributed by atoms with E-state index in [0.717, 1.165) is 5.92 Å². The highest BCUT2D eigenvalue weighted by Gasteiger charge is 2.45. The molecule has 2 saturated carbocycles. The SMILES string of the molecule is CNC(CC1CCC1)C1(c2ccccc2)CCC1. The molecule has 0 bridgehead atoms. The number of benzene rings is 1. The average molecular weight is 243 g/mol. The van der Waals surface area contributed by atoms with Crippen LogP contribution in [0.2, 0.25) is 0 Å². The lowest BCUT2D eigenvalue weighted by molar-refractivity contribution is 0.134. The summed E-state index contributed by atoms with van der Waals surface area (Å²) in [4.78, 5) is 0. The Morgan fingerprint density at radius 3 is 2.33 bits per heavy atom. The van der Waals surface area contributed by atoms with Crippen molar-refractivity contribution in [3.8, 4) is 0 Å². The molecular weight excluding hydrogens is 218 g/mol. The molecule has 0 radical (unpaired) electrons. The van der Waals surface area contributed by atoms with Crippen molar-refractivity contribution in [3.05, 3.63) is 35.9 Å². The van der Waals surface area contributed by atoms with Gasteiger partial charge in [0.15, 0.2) is 0 Å². The van der Waals surface area contributed by atoms with E-state index in [0.29, 0.717) is 11.5 Å². The van der Waals surface area contributed by atoms with Crippen LogP contribution in [0.15, 0.2) is 30.3 Å². The second-order valence-electron chi connectivity index (χ2n) is 6.25. The highest BCUT2D eigenvalue weighted by atomic mass is 14.9. The van der Waals surface area contributed by atoms with Crippen LogP contribution in [-0.2, 0) is 5.41 Å². The van der Waals surface area contributed by atoms with Crippen molar-refractivity contribution < 1.29 is 0 Å². The fourth-order valence-corrected chi connectivity index (χ4v) is 3.85. The maximum Gasteiger partial charge on any atom is 0.0164 e. The Labute approximate surface area is 111 Å². The van der Waals surface area contributed by atoms with Gasteiger partial charge in [-0.25, -0.2) is 0 Å². The van der Waals surface area contributed by atoms with Crippen LogP contribution in [0.4, 0.5) is 0 Å². The molecule has 0 heterocycles. The van der Waals surface area contributed by atoms with Crippen LogP contribution in [0.1, 0.15) is 50.5 Å². The fraction of sp³-hybridized carbons (Fsp3) is 0.647. The second-order valence-corrected chi connectivity index (χ2v) is 6.25. The highest BCUT2D eigenvalue weighted by molar-refractivity contribution is 5.30. The third-order valence-electron chi connectivity index (χ3n) is 5.40. The van der Waals surface area contributed by atoms with Gasteiger partial charge in [0.2, 0.25) is 0 Å². The van der Waals surface area contributed by atoms with E-state index in [4.69, 9.17) is 0 Å². The zero-order chi connectivity index (χ0) is 12.4. The van der Waals surface area contributed by atoms with Gasteiger partial charge in [0.1, 0.15) is 0 Å². The van der Waals surface area contributed by atoms with Crippen LogP contribution in [0.25, 0.3) is 0 Å². The summed E-state index contributed by atoms with van der Waals surface area (Å²) in [5.74, 6) is 0.989. The molecule has 1 unspecified atom stereocenters. The van der Waals surface area contributed by atoms with Crippen molar-refractivity contribution >= 4 is 0 Å². The molecule has 0 aromatic heterocycles. The van der Waals surface area contributed by atoms with Crippen molar-refractivity contribution in [1.82, 2.24) is 5.32 Å². The summed E-state index contributed by atoms with van der Waals surface area (Å²) in [7, 11) is 2.16. The molecule has 2 fully saturated rings. The monoisotopic (exact) mass is 243 g/mol. The lowest BCUT2D eigenvalue weighted by Crippen LogP contribution is -2.52. The first kappa shape index (κ1) is 12.2. The fourth-order valence-electron chi connectivity index (χ4n) is 3.85. The number of hydrogen-bond acceptors (Lipinski definition) is 1. The molecule has 1 N–H and O–H groups in total. The van der Waals surface area contributed by atoms with Gasteiger partial charge in [0.25, 0.3) is 0 Å². The van der Waals surface area contributed by atoms with Gasteiger partial charge in [0, 0.05) is 11.5 Å². The zero-order valence-corrected chi connectivity index (χ0v) is 11.5. The van der Waals surface area contributed by atoms with E-state index in [1.807, 2.05) is 0 Å². The molecule has 2 aliphatic carbocycles. The summed E-state index contributed by atoms with van der Waals surface area (Å²) in [6.45, 7) is 0. The summed E-state index contributed by atoms with van der Waals surface area (Å²) in [6.07, 6.45) is 9.90. The van der Waals surface area contributed by atoms with Crippen molar-refractivity contribution in [1.29, 1.82) is 0 Å². The Kier molecular flexibility index (Phi) is 3.43. The lowest BCUT2D eigenvalue weighted by Gasteiger charge is -2.50. The van der Waals surface area contributed by atoms with Gasteiger partial charge >= 0.3 is 0 Å². The molecule has 0 spiro atoms. The number of likely N-dealkylation sites (N-methyl/N-ethyl adjacent to an activating group) is 1. The van der Waals surface area contributed by atoms with E-state index >= 15 is 0 Å². The molecule has 3 rings (SSSR count). The smallest absolute Gasteiger partial charge is 0.0164 e. The van der Waals surface area contributed by atoms with E-state index in [-0.39, 0.29) is 0 Å². The van der Waals surface area contributed by atoms with Crippen molar-refractivity contribution in [2.75, 3.05) is 7.05 Å². The van der Waals surface area contributed by atoms with Gasteiger partial charge in [-0.1, -0.05) is 56.0 Å². The van der Waals surface area contributed by atoms with Crippen LogP contribution in [0.5, 0.6) is 0 Å². The lowest BCUT2D eigenvalue weighted by atomic mass is 9.58. The van der Waals surface area contributed by atoms with Gasteiger partial charge in [-0.15, -0.1) is 0 Å². The van der Waals surface area contributed by atoms with Crippen molar-refractivity contribution in [2.24, 2.45) is 5.92 Å². The molecule has 1 aromatic rings. The van der Waals surface area contributed by atoms with E-state index < -0.39 is 0 Å². The van der Waals surface area contributed by atoms with E-state index in [2.05, 4.69) is 42.7 Å². The molecule has 2 aliphatic rings. The normalized spacial score (nSPS) is 24.1. The number of hydrogen-bond donors (Lipinski definition) is 1. The standard InChI is InChI=1S/C17H25N/c1-18-16(13-14-7-5-8-14)17(11-6-12-17)15-9-3-2-4-10-15/h2-4,9-10,14,16,18H,5-8,11-13H2,1H3. The first-order chi connectivity index (χ1) is 8.85. The Morgan fingerprint density at radius 2 is 1.89 bits per heavy atom. The van der Waals surface area contributed by atoms with Gasteiger partial charge < -0.3 is 5.32 Å². The molecule has 1 nitrogen and oxygen atoms in total. The second kappa shape index (κ2) is 5.05. The van der Waals surface area contributed by atoms with E-state index in [9.17, 15) is 0 Å². The summed E-state index contributed by atoms with van der Waals surface area (Å²) in [5.41, 5.74) is 2.00. The van der Waals surface area contributed by atoms with Crippen LogP contribution >= 0.6 is 0 Å². The van der Waals surface area contributed by atoms with Crippen LogP contribution in [0, 0.1) is 5.92 Å². The molecular formula is C17H25N. The Hall–Kier alpha value is -0.820. The predicted octanol–water partition coefficient (Wildman–Crippen LogP) is 3.89. The Bertz CT molecular complexity index is 376. The predicted molar refractivity (Wildman–Crippen MR) is 76.8 cm³/mol. The molecule has 98 valence electrons. The van der Waals surface area contributed by atoms with E-state index in [1.165, 1.54) is 44.9 Å². The number of nitrogens with one attached hydrogen (secondary N) is 1. The molecule has 18 heavy (non-hydrogen) atoms. The van der Waals surface area contributed by atoms with Gasteiger partial charge in [0.05, 0.1) is 0 Å². The van der Waals surface area contributed by atoms with E-state index in [1.54, 1.807) is 5.56 Å². The van der Waals surface area contributed by atoms with Gasteiger partial charge in [-0.05, 0) is 37.8 Å². The summed E-state index contributed by atoms with van der Waals surface area (Å²) >= 11 is 0. The quantitative estimate of drug-likeness (QED) is 0.827. The number of rotatable bonds is 5. The Morgan fingerprint density at radius 1 is 1.17 bits per heavy atom. The van der Waals surface area contributed by atoms with Gasteiger partial charge in [-0.3, -0.25) is 0 Å². The minimum atomic E-state index is 0.436. The summed E-state index contributed by atoms with van der Waals surface area (Å²) < 4.78 is 0. The minimum absolute atomic E-state index is 0.436. The summed E-state index contributed by atoms with van der Waals surface area (Å²) in [5, 5.41) is 3.64. The maximum atomic E-state index is 3.64. The van der Waals surface area contributed by atoms with Gasteiger partial charge in [-0.2, -0.15) is 0 Å². The highest BCUT2D eigenvalue weighted by Crippen LogP contribution is 2.49. The average Bonchev–Trinajstić information content (AvgIpc) is 2.31. The molecule has 1 heteroatoms. The van der Waals surface area contributed by atoms with Crippen molar-refractivity contribution in [3.63, 3.8) is 0 Å². The minimum Gasteiger partial charge on any atom is -0.316 e. The third-order valence-corrected chi connectivity index (χ3v) is 5.40. The largest absolute Gasteiger partial charge is 0.316 e. The van der Waals surface area contributed by atoms with Crippen molar-refractivity contribution in [2.45, 2.75) is 56.4 Å². The molecule has 1 aromatic carbocycles. The van der Waals surface area contributed by atoms with Crippen LogP contribution in [-0.4, -0.2) is 13.1 Å². The molecule has 0 amide bonds. The zero-order valence-electron chi connectivity index (χ0n) is 11.5. The Balaban J connectivity index is 1.80. The first-order valence-electron chi connectivity index (χ1n) is 7.58. The summed E-state index contributed by atoms with van der Waals surface area (Å²) in [6, 6.07) is 11.9. The maximum absolute atomic E-state index is 3.64. The molecule has 0 saturated heterocycles.